The molecule has 0 unspecified atom stereocenters. The molecule has 114 valence electrons. The number of likely N-dealkylation sites (N-methyl/N-ethyl adjacent to an activating group) is 1. The van der Waals surface area contributed by atoms with Gasteiger partial charge in [-0.2, -0.15) is 0 Å². The summed E-state index contributed by atoms with van der Waals surface area (Å²) in [6.45, 7) is 0.937. The molecular weight excluding hydrogens is 305 g/mol. The van der Waals surface area contributed by atoms with E-state index in [2.05, 4.69) is 23.6 Å². The van der Waals surface area contributed by atoms with Crippen LogP contribution in [0.5, 0.6) is 0 Å². The number of aromatic nitrogens is 2. The number of rotatable bonds is 5. The first-order valence-corrected chi connectivity index (χ1v) is 8.36. The second kappa shape index (κ2) is 5.79. The molecule has 0 bridgehead atoms. The fourth-order valence-corrected chi connectivity index (χ4v) is 3.70. The molecule has 2 aromatic rings. The van der Waals surface area contributed by atoms with E-state index < -0.39 is 0 Å². The number of imidazole rings is 1. The molecule has 21 heavy (non-hydrogen) atoms. The maximum atomic E-state index is 6.44. The van der Waals surface area contributed by atoms with Gasteiger partial charge in [0.2, 0.25) is 0 Å². The molecule has 0 spiro atoms. The molecule has 1 fully saturated rings. The minimum Gasteiger partial charge on any atom is -0.325 e. The molecule has 0 radical (unpaired) electrons. The summed E-state index contributed by atoms with van der Waals surface area (Å²) in [4.78, 5) is 7.09. The summed E-state index contributed by atoms with van der Waals surface area (Å²) >= 11 is 12.4. The minimum absolute atomic E-state index is 0.230. The second-order valence-electron chi connectivity index (χ2n) is 6.13. The van der Waals surface area contributed by atoms with E-state index in [0.29, 0.717) is 5.88 Å². The molecule has 3 rings (SSSR count). The zero-order chi connectivity index (χ0) is 15.0. The first-order valence-electron chi connectivity index (χ1n) is 7.44. The van der Waals surface area contributed by atoms with Gasteiger partial charge in [-0.25, -0.2) is 4.98 Å². The summed E-state index contributed by atoms with van der Waals surface area (Å²) in [6.07, 6.45) is 4.52. The van der Waals surface area contributed by atoms with Crippen molar-refractivity contribution in [1.82, 2.24) is 14.5 Å². The van der Waals surface area contributed by atoms with Crippen molar-refractivity contribution in [2.45, 2.75) is 37.8 Å². The van der Waals surface area contributed by atoms with Crippen molar-refractivity contribution in [3.63, 3.8) is 0 Å². The van der Waals surface area contributed by atoms with Gasteiger partial charge in [-0.15, -0.1) is 11.6 Å². The Morgan fingerprint density at radius 3 is 2.67 bits per heavy atom. The summed E-state index contributed by atoms with van der Waals surface area (Å²) in [5, 5.41) is 0.772. The molecule has 0 aliphatic heterocycles. The number of nitrogens with zero attached hydrogens (tertiary/aromatic N) is 3. The summed E-state index contributed by atoms with van der Waals surface area (Å²) in [5.41, 5.74) is 2.25. The minimum atomic E-state index is 0.230. The fourth-order valence-electron chi connectivity index (χ4n) is 3.26. The Hall–Kier alpha value is -0.770. The van der Waals surface area contributed by atoms with E-state index in [1.165, 1.54) is 19.3 Å². The van der Waals surface area contributed by atoms with Crippen molar-refractivity contribution in [3.05, 3.63) is 29.0 Å². The zero-order valence-corrected chi connectivity index (χ0v) is 14.1. The molecule has 1 aromatic carbocycles. The highest BCUT2D eigenvalue weighted by atomic mass is 35.5. The van der Waals surface area contributed by atoms with Crippen LogP contribution in [-0.2, 0) is 13.0 Å². The van der Waals surface area contributed by atoms with Crippen molar-refractivity contribution in [2.75, 3.05) is 20.0 Å². The van der Waals surface area contributed by atoms with Crippen molar-refractivity contribution < 1.29 is 0 Å². The number of para-hydroxylation sites is 1. The Balaban J connectivity index is 2.09. The topological polar surface area (TPSA) is 21.1 Å². The number of aryl methyl sites for hydroxylation is 1. The molecule has 1 aromatic heterocycles. The van der Waals surface area contributed by atoms with Gasteiger partial charge in [0.05, 0.1) is 16.1 Å². The van der Waals surface area contributed by atoms with E-state index >= 15 is 0 Å². The number of hydrogen-bond acceptors (Lipinski definition) is 2. The lowest BCUT2D eigenvalue weighted by atomic mass is 9.75. The lowest BCUT2D eigenvalue weighted by molar-refractivity contribution is 0.0428. The third-order valence-corrected chi connectivity index (χ3v) is 5.29. The molecule has 5 heteroatoms. The van der Waals surface area contributed by atoms with Crippen molar-refractivity contribution in [2.24, 2.45) is 0 Å². The fraction of sp³-hybridized carbons (Fsp3) is 0.562. The van der Waals surface area contributed by atoms with Gasteiger partial charge >= 0.3 is 0 Å². The van der Waals surface area contributed by atoms with E-state index in [9.17, 15) is 0 Å². The molecule has 3 nitrogen and oxygen atoms in total. The number of halogens is 2. The van der Waals surface area contributed by atoms with Crippen LogP contribution in [0.15, 0.2) is 18.2 Å². The number of benzene rings is 1. The first kappa shape index (κ1) is 15.1. The SMILES string of the molecule is CN(C)C1(Cn2c(CCCl)nc3cccc(Cl)c32)CCC1. The molecular formula is C16H21Cl2N3. The third kappa shape index (κ3) is 2.56. The Morgan fingerprint density at radius 1 is 1.33 bits per heavy atom. The summed E-state index contributed by atoms with van der Waals surface area (Å²) in [5.74, 6) is 1.62. The summed E-state index contributed by atoms with van der Waals surface area (Å²) < 4.78 is 2.29. The first-order chi connectivity index (χ1) is 10.1. The largest absolute Gasteiger partial charge is 0.325 e. The van der Waals surface area contributed by atoms with Crippen LogP contribution in [0.3, 0.4) is 0 Å². The summed E-state index contributed by atoms with van der Waals surface area (Å²) in [6, 6.07) is 5.92. The van der Waals surface area contributed by atoms with Crippen LogP contribution in [0.2, 0.25) is 5.02 Å². The molecule has 1 aliphatic carbocycles. The smallest absolute Gasteiger partial charge is 0.111 e. The molecule has 0 amide bonds. The Kier molecular flexibility index (Phi) is 4.17. The van der Waals surface area contributed by atoms with Crippen LogP contribution in [0.4, 0.5) is 0 Å². The monoisotopic (exact) mass is 325 g/mol. The average molecular weight is 326 g/mol. The van der Waals surface area contributed by atoms with Gasteiger partial charge in [-0.05, 0) is 45.5 Å². The highest BCUT2D eigenvalue weighted by Gasteiger charge is 2.40. The molecule has 0 saturated heterocycles. The van der Waals surface area contributed by atoms with Crippen molar-refractivity contribution in [3.8, 4) is 0 Å². The molecule has 0 N–H and O–H groups in total. The van der Waals surface area contributed by atoms with Crippen LogP contribution in [0.25, 0.3) is 11.0 Å². The quantitative estimate of drug-likeness (QED) is 0.776. The number of alkyl halides is 1. The standard InChI is InChI=1S/C16H21Cl2N3/c1-20(2)16(8-4-9-16)11-21-14(7-10-17)19-13-6-3-5-12(18)15(13)21/h3,5-6H,4,7-11H2,1-2H3. The van der Waals surface area contributed by atoms with Crippen LogP contribution in [0.1, 0.15) is 25.1 Å². The molecule has 1 saturated carbocycles. The van der Waals surface area contributed by atoms with Gasteiger partial charge < -0.3 is 9.47 Å². The number of hydrogen-bond donors (Lipinski definition) is 0. The normalized spacial score (nSPS) is 17.4. The van der Waals surface area contributed by atoms with Gasteiger partial charge in [0, 0.05) is 24.4 Å². The van der Waals surface area contributed by atoms with Crippen LogP contribution >= 0.6 is 23.2 Å². The number of fused-ring (bicyclic) bond motifs is 1. The molecule has 0 atom stereocenters. The maximum absolute atomic E-state index is 6.44. The molecule has 1 aliphatic rings. The van der Waals surface area contributed by atoms with Gasteiger partial charge in [0.15, 0.2) is 0 Å². The average Bonchev–Trinajstić information content (AvgIpc) is 2.73. The van der Waals surface area contributed by atoms with E-state index in [-0.39, 0.29) is 5.54 Å². The van der Waals surface area contributed by atoms with Crippen LogP contribution in [0, 0.1) is 0 Å². The second-order valence-corrected chi connectivity index (χ2v) is 6.92. The zero-order valence-electron chi connectivity index (χ0n) is 12.6. The van der Waals surface area contributed by atoms with Crippen molar-refractivity contribution >= 4 is 34.2 Å². The van der Waals surface area contributed by atoms with E-state index in [0.717, 1.165) is 34.8 Å². The van der Waals surface area contributed by atoms with E-state index in [1.54, 1.807) is 0 Å². The van der Waals surface area contributed by atoms with E-state index in [4.69, 9.17) is 28.2 Å². The Bertz CT molecular complexity index is 644. The van der Waals surface area contributed by atoms with Crippen molar-refractivity contribution in [1.29, 1.82) is 0 Å². The van der Waals surface area contributed by atoms with Gasteiger partial charge in [0.1, 0.15) is 5.82 Å². The third-order valence-electron chi connectivity index (χ3n) is 4.80. The van der Waals surface area contributed by atoms with Gasteiger partial charge in [-0.3, -0.25) is 0 Å². The lowest BCUT2D eigenvalue weighted by Crippen LogP contribution is -2.53. The Labute approximate surface area is 135 Å². The molecule has 1 heterocycles. The highest BCUT2D eigenvalue weighted by molar-refractivity contribution is 6.35. The summed E-state index contributed by atoms with van der Waals surface area (Å²) in [7, 11) is 4.34. The predicted octanol–water partition coefficient (Wildman–Crippen LogP) is 3.96. The predicted molar refractivity (Wildman–Crippen MR) is 89.4 cm³/mol. The van der Waals surface area contributed by atoms with Gasteiger partial charge in [0.25, 0.3) is 0 Å². The highest BCUT2D eigenvalue weighted by Crippen LogP contribution is 2.39. The van der Waals surface area contributed by atoms with E-state index in [1.807, 2.05) is 18.2 Å². The Morgan fingerprint density at radius 2 is 2.10 bits per heavy atom. The van der Waals surface area contributed by atoms with Crippen LogP contribution in [-0.4, -0.2) is 40.0 Å². The lowest BCUT2D eigenvalue weighted by Gasteiger charge is -2.47. The van der Waals surface area contributed by atoms with Gasteiger partial charge in [-0.1, -0.05) is 17.7 Å². The van der Waals surface area contributed by atoms with Crippen LogP contribution < -0.4 is 0 Å². The maximum Gasteiger partial charge on any atom is 0.111 e.